The molecule has 0 aliphatic rings. The third kappa shape index (κ3) is 2.87. The first-order valence-corrected chi connectivity index (χ1v) is 6.58. The van der Waals surface area contributed by atoms with Crippen molar-refractivity contribution in [2.45, 2.75) is 33.6 Å². The van der Waals surface area contributed by atoms with Crippen molar-refractivity contribution >= 4 is 5.97 Å². The molecule has 2 aromatic rings. The van der Waals surface area contributed by atoms with E-state index in [4.69, 9.17) is 0 Å². The summed E-state index contributed by atoms with van der Waals surface area (Å²) in [6.07, 6.45) is 2.77. The van der Waals surface area contributed by atoms with Crippen molar-refractivity contribution in [2.75, 3.05) is 7.11 Å². The normalized spacial score (nSPS) is 10.6. The molecule has 106 valence electrons. The van der Waals surface area contributed by atoms with Crippen LogP contribution in [0.25, 0.3) is 5.82 Å². The van der Waals surface area contributed by atoms with Crippen LogP contribution in [-0.4, -0.2) is 27.8 Å². The molecule has 0 fully saturated rings. The molecule has 0 radical (unpaired) electrons. The van der Waals surface area contributed by atoms with Gasteiger partial charge < -0.3 is 4.74 Å². The van der Waals surface area contributed by atoms with Crippen LogP contribution in [0.1, 0.15) is 28.9 Å². The molecule has 0 spiro atoms. The van der Waals surface area contributed by atoms with Gasteiger partial charge in [-0.1, -0.05) is 0 Å². The van der Waals surface area contributed by atoms with Gasteiger partial charge in [0, 0.05) is 18.3 Å². The highest BCUT2D eigenvalue weighted by atomic mass is 16.5. The highest BCUT2D eigenvalue weighted by Crippen LogP contribution is 2.18. The number of ether oxygens (including phenoxy) is 1. The first-order chi connectivity index (χ1) is 9.52. The van der Waals surface area contributed by atoms with E-state index in [-0.39, 0.29) is 5.97 Å². The van der Waals surface area contributed by atoms with E-state index in [1.54, 1.807) is 6.20 Å². The van der Waals surface area contributed by atoms with Crippen molar-refractivity contribution in [3.63, 3.8) is 0 Å². The first-order valence-electron chi connectivity index (χ1n) is 6.58. The van der Waals surface area contributed by atoms with E-state index in [9.17, 15) is 4.79 Å². The minimum absolute atomic E-state index is 0.203. The molecule has 0 saturated heterocycles. The van der Waals surface area contributed by atoms with Crippen LogP contribution in [0.5, 0.6) is 0 Å². The number of hydrogen-bond acceptors (Lipinski definition) is 4. The average molecular weight is 273 g/mol. The summed E-state index contributed by atoms with van der Waals surface area (Å²) in [4.78, 5) is 15.6. The van der Waals surface area contributed by atoms with Crippen LogP contribution >= 0.6 is 0 Å². The minimum atomic E-state index is -0.203. The summed E-state index contributed by atoms with van der Waals surface area (Å²) in [5.74, 6) is 0.597. The summed E-state index contributed by atoms with van der Waals surface area (Å²) in [7, 11) is 1.40. The number of pyridine rings is 1. The van der Waals surface area contributed by atoms with Crippen LogP contribution in [0.15, 0.2) is 18.3 Å². The third-order valence-electron chi connectivity index (χ3n) is 3.37. The summed E-state index contributed by atoms with van der Waals surface area (Å²) in [5.41, 5.74) is 4.16. The second-order valence-corrected chi connectivity index (χ2v) is 4.83. The number of hydrogen-bond donors (Lipinski definition) is 0. The number of nitrogens with zero attached hydrogens (tertiary/aromatic N) is 3. The van der Waals surface area contributed by atoms with Gasteiger partial charge in [-0.2, -0.15) is 5.10 Å². The lowest BCUT2D eigenvalue weighted by Gasteiger charge is -2.05. The summed E-state index contributed by atoms with van der Waals surface area (Å²) >= 11 is 0. The second kappa shape index (κ2) is 5.86. The van der Waals surface area contributed by atoms with E-state index in [2.05, 4.69) is 14.8 Å². The fourth-order valence-electron chi connectivity index (χ4n) is 2.23. The van der Waals surface area contributed by atoms with Gasteiger partial charge in [0.25, 0.3) is 0 Å². The van der Waals surface area contributed by atoms with Gasteiger partial charge in [0.2, 0.25) is 0 Å². The Morgan fingerprint density at radius 1 is 1.35 bits per heavy atom. The van der Waals surface area contributed by atoms with Crippen LogP contribution in [-0.2, 0) is 16.0 Å². The predicted octanol–water partition coefficient (Wildman–Crippen LogP) is 2.30. The lowest BCUT2D eigenvalue weighted by molar-refractivity contribution is -0.140. The van der Waals surface area contributed by atoms with Crippen molar-refractivity contribution < 1.29 is 9.53 Å². The quantitative estimate of drug-likeness (QED) is 0.802. The molecule has 0 amide bonds. The molecule has 0 N–H and O–H groups in total. The summed E-state index contributed by atoms with van der Waals surface area (Å²) < 4.78 is 6.51. The number of esters is 1. The second-order valence-electron chi connectivity index (χ2n) is 4.83. The molecule has 2 heterocycles. The Kier molecular flexibility index (Phi) is 4.17. The lowest BCUT2D eigenvalue weighted by atomic mass is 10.1. The lowest BCUT2D eigenvalue weighted by Crippen LogP contribution is -2.04. The van der Waals surface area contributed by atoms with Crippen LogP contribution < -0.4 is 0 Å². The van der Waals surface area contributed by atoms with Gasteiger partial charge >= 0.3 is 5.97 Å². The number of methoxy groups -OCH3 is 1. The van der Waals surface area contributed by atoms with E-state index in [0.29, 0.717) is 12.8 Å². The Balaban J connectivity index is 2.31. The van der Waals surface area contributed by atoms with E-state index in [1.807, 2.05) is 37.6 Å². The molecule has 2 aromatic heterocycles. The fourth-order valence-corrected chi connectivity index (χ4v) is 2.23. The van der Waals surface area contributed by atoms with Crippen LogP contribution in [0.2, 0.25) is 0 Å². The van der Waals surface area contributed by atoms with E-state index < -0.39 is 0 Å². The van der Waals surface area contributed by atoms with Gasteiger partial charge in [0.05, 0.1) is 12.8 Å². The molecule has 0 atom stereocenters. The fraction of sp³-hybridized carbons (Fsp3) is 0.400. The van der Waals surface area contributed by atoms with Crippen LogP contribution in [0, 0.1) is 20.8 Å². The summed E-state index contributed by atoms with van der Waals surface area (Å²) in [6.45, 7) is 5.97. The molecular formula is C15H19N3O2. The van der Waals surface area contributed by atoms with Gasteiger partial charge in [0.15, 0.2) is 5.82 Å². The summed E-state index contributed by atoms with van der Waals surface area (Å²) in [5, 5.41) is 4.53. The molecule has 0 aliphatic heterocycles. The van der Waals surface area contributed by atoms with Crippen molar-refractivity contribution in [2.24, 2.45) is 0 Å². The van der Waals surface area contributed by atoms with Crippen molar-refractivity contribution in [1.82, 2.24) is 14.8 Å². The van der Waals surface area contributed by atoms with Crippen LogP contribution in [0.4, 0.5) is 0 Å². The van der Waals surface area contributed by atoms with E-state index in [0.717, 1.165) is 28.3 Å². The zero-order chi connectivity index (χ0) is 14.7. The largest absolute Gasteiger partial charge is 0.469 e. The molecule has 20 heavy (non-hydrogen) atoms. The van der Waals surface area contributed by atoms with Gasteiger partial charge in [-0.15, -0.1) is 0 Å². The maximum absolute atomic E-state index is 11.3. The molecule has 2 rings (SSSR count). The zero-order valence-electron chi connectivity index (χ0n) is 12.3. The number of carbonyl (C=O) groups is 1. The Morgan fingerprint density at radius 3 is 2.75 bits per heavy atom. The molecule has 0 aliphatic carbocycles. The molecule has 0 aromatic carbocycles. The molecule has 5 nitrogen and oxygen atoms in total. The average Bonchev–Trinajstić information content (AvgIpc) is 2.71. The van der Waals surface area contributed by atoms with E-state index >= 15 is 0 Å². The molecule has 5 heteroatoms. The number of aromatic nitrogens is 3. The number of aryl methyl sites for hydroxylation is 2. The van der Waals surface area contributed by atoms with Crippen molar-refractivity contribution in [1.29, 1.82) is 0 Å². The van der Waals surface area contributed by atoms with Gasteiger partial charge in [-0.3, -0.25) is 4.79 Å². The van der Waals surface area contributed by atoms with Crippen LogP contribution in [0.3, 0.4) is 0 Å². The predicted molar refractivity (Wildman–Crippen MR) is 75.9 cm³/mol. The molecule has 0 saturated carbocycles. The minimum Gasteiger partial charge on any atom is -0.469 e. The number of rotatable bonds is 4. The van der Waals surface area contributed by atoms with Gasteiger partial charge in [-0.05, 0) is 50.5 Å². The zero-order valence-corrected chi connectivity index (χ0v) is 12.3. The summed E-state index contributed by atoms with van der Waals surface area (Å²) in [6, 6.07) is 3.94. The molecule has 0 unspecified atom stereocenters. The Bertz CT molecular complexity index is 632. The molecule has 0 bridgehead atoms. The maximum atomic E-state index is 11.3. The molecular weight excluding hydrogens is 254 g/mol. The highest BCUT2D eigenvalue weighted by Gasteiger charge is 2.14. The standard InChI is InChI=1S/C15H19N3O2/c1-10-7-8-16-14(9-10)18-12(3)13(11(2)17-18)5-6-15(19)20-4/h7-9H,5-6H2,1-4H3. The Morgan fingerprint density at radius 2 is 2.10 bits per heavy atom. The van der Waals surface area contributed by atoms with Gasteiger partial charge in [-0.25, -0.2) is 9.67 Å². The Hall–Kier alpha value is -2.17. The Labute approximate surface area is 118 Å². The smallest absolute Gasteiger partial charge is 0.305 e. The monoisotopic (exact) mass is 273 g/mol. The first kappa shape index (κ1) is 14.2. The maximum Gasteiger partial charge on any atom is 0.305 e. The third-order valence-corrected chi connectivity index (χ3v) is 3.37. The topological polar surface area (TPSA) is 57.0 Å². The highest BCUT2D eigenvalue weighted by molar-refractivity contribution is 5.69. The van der Waals surface area contributed by atoms with Crippen molar-refractivity contribution in [3.8, 4) is 5.82 Å². The van der Waals surface area contributed by atoms with E-state index in [1.165, 1.54) is 7.11 Å². The van der Waals surface area contributed by atoms with Crippen molar-refractivity contribution in [3.05, 3.63) is 40.8 Å². The van der Waals surface area contributed by atoms with Gasteiger partial charge in [0.1, 0.15) is 0 Å². The number of carbonyl (C=O) groups excluding carboxylic acids is 1. The SMILES string of the molecule is COC(=O)CCc1c(C)nn(-c2cc(C)ccn2)c1C.